The van der Waals surface area contributed by atoms with Gasteiger partial charge in [0.1, 0.15) is 23.4 Å². The fourth-order valence-electron chi connectivity index (χ4n) is 5.47. The summed E-state index contributed by atoms with van der Waals surface area (Å²) in [6, 6.07) is 3.38. The maximum atomic E-state index is 12.8. The number of anilines is 1. The van der Waals surface area contributed by atoms with Gasteiger partial charge in [-0.25, -0.2) is 4.79 Å². The second kappa shape index (κ2) is 9.84. The van der Waals surface area contributed by atoms with E-state index in [1.165, 1.54) is 11.6 Å². The minimum Gasteiger partial charge on any atom is -0.493 e. The van der Waals surface area contributed by atoms with Crippen LogP contribution in [0.3, 0.4) is 0 Å². The number of allylic oxidation sites excluding steroid dienone is 1. The quantitative estimate of drug-likeness (QED) is 0.184. The second-order valence-electron chi connectivity index (χ2n) is 10.0. The van der Waals surface area contributed by atoms with Crippen molar-refractivity contribution in [1.82, 2.24) is 0 Å². The van der Waals surface area contributed by atoms with Gasteiger partial charge in [0.25, 0.3) is 0 Å². The van der Waals surface area contributed by atoms with Gasteiger partial charge in [-0.05, 0) is 52.2 Å². The lowest BCUT2D eigenvalue weighted by molar-refractivity contribution is -0.166. The van der Waals surface area contributed by atoms with Gasteiger partial charge in [-0.2, -0.15) is 0 Å². The lowest BCUT2D eigenvalue weighted by Gasteiger charge is -2.42. The van der Waals surface area contributed by atoms with Gasteiger partial charge in [-0.1, -0.05) is 11.6 Å². The van der Waals surface area contributed by atoms with E-state index in [-0.39, 0.29) is 29.3 Å². The molecule has 2 aliphatic heterocycles. The maximum absolute atomic E-state index is 12.8. The van der Waals surface area contributed by atoms with Crippen molar-refractivity contribution in [3.05, 3.63) is 35.4 Å². The Morgan fingerprint density at radius 1 is 1.20 bits per heavy atom. The Kier molecular flexibility index (Phi) is 7.18. The van der Waals surface area contributed by atoms with Crippen LogP contribution in [0.5, 0.6) is 11.5 Å². The van der Waals surface area contributed by atoms with E-state index in [9.17, 15) is 4.79 Å². The van der Waals surface area contributed by atoms with Gasteiger partial charge in [0.15, 0.2) is 11.5 Å². The number of methoxy groups -OCH3 is 3. The largest absolute Gasteiger partial charge is 0.493 e. The zero-order valence-electron chi connectivity index (χ0n) is 21.5. The van der Waals surface area contributed by atoms with Crippen molar-refractivity contribution < 1.29 is 33.2 Å². The van der Waals surface area contributed by atoms with Crippen molar-refractivity contribution in [2.75, 3.05) is 33.7 Å². The molecule has 3 aliphatic rings. The number of hydrogen-bond acceptors (Lipinski definition) is 8. The molecular formula is C27H37NO7. The molecule has 1 saturated carbocycles. The molecule has 0 amide bonds. The van der Waals surface area contributed by atoms with Gasteiger partial charge < -0.3 is 34.2 Å². The number of benzene rings is 1. The molecule has 2 heterocycles. The summed E-state index contributed by atoms with van der Waals surface area (Å²) in [5.41, 5.74) is 7.84. The average molecular weight is 488 g/mol. The summed E-state index contributed by atoms with van der Waals surface area (Å²) < 4.78 is 34.6. The summed E-state index contributed by atoms with van der Waals surface area (Å²) in [6.07, 6.45) is 6.89. The number of esters is 1. The molecule has 3 fully saturated rings. The van der Waals surface area contributed by atoms with Gasteiger partial charge in [-0.3, -0.25) is 0 Å². The topological polar surface area (TPSA) is 105 Å². The first-order valence-electron chi connectivity index (χ1n) is 12.1. The highest BCUT2D eigenvalue weighted by Gasteiger charge is 2.72. The molecule has 8 heteroatoms. The third-order valence-electron chi connectivity index (χ3n) is 7.49. The van der Waals surface area contributed by atoms with Crippen molar-refractivity contribution in [2.24, 2.45) is 5.92 Å². The third-order valence-corrected chi connectivity index (χ3v) is 7.49. The molecule has 0 radical (unpaired) electrons. The highest BCUT2D eigenvalue weighted by atomic mass is 16.6. The average Bonchev–Trinajstić information content (AvgIpc) is 3.74. The van der Waals surface area contributed by atoms with Crippen LogP contribution in [0.4, 0.5) is 5.69 Å². The first-order chi connectivity index (χ1) is 16.7. The molecule has 0 aromatic heterocycles. The monoisotopic (exact) mass is 487 g/mol. The Balaban J connectivity index is 1.47. The van der Waals surface area contributed by atoms with Crippen LogP contribution in [0.2, 0.25) is 0 Å². The number of carbonyl (C=O) groups excluding carboxylic acids is 1. The molecule has 2 N–H and O–H groups in total. The van der Waals surface area contributed by atoms with Gasteiger partial charge in [0.2, 0.25) is 0 Å². The van der Waals surface area contributed by atoms with Crippen LogP contribution < -0.4 is 15.2 Å². The molecule has 2 saturated heterocycles. The van der Waals surface area contributed by atoms with E-state index in [0.717, 1.165) is 12.8 Å². The van der Waals surface area contributed by atoms with Crippen LogP contribution in [0, 0.1) is 5.92 Å². The predicted molar refractivity (Wildman–Crippen MR) is 132 cm³/mol. The summed E-state index contributed by atoms with van der Waals surface area (Å²) >= 11 is 0. The Bertz CT molecular complexity index is 1010. The normalized spacial score (nSPS) is 33.4. The molecule has 1 aromatic rings. The van der Waals surface area contributed by atoms with Gasteiger partial charge in [0, 0.05) is 30.5 Å². The molecule has 192 valence electrons. The van der Waals surface area contributed by atoms with Gasteiger partial charge >= 0.3 is 5.97 Å². The highest BCUT2D eigenvalue weighted by molar-refractivity contribution is 5.88. The molecular weight excluding hydrogens is 450 g/mol. The Morgan fingerprint density at radius 2 is 1.89 bits per heavy atom. The molecule has 0 unspecified atom stereocenters. The molecule has 1 aliphatic carbocycles. The number of nitrogens with two attached hydrogens (primary N) is 1. The van der Waals surface area contributed by atoms with Crippen LogP contribution in [-0.2, 0) is 23.7 Å². The molecule has 1 aromatic carbocycles. The zero-order valence-corrected chi connectivity index (χ0v) is 21.5. The molecule has 6 atom stereocenters. The first-order valence-corrected chi connectivity index (χ1v) is 12.1. The van der Waals surface area contributed by atoms with Crippen molar-refractivity contribution in [3.8, 4) is 11.5 Å². The summed E-state index contributed by atoms with van der Waals surface area (Å²) in [5.74, 6) is 0.573. The fourth-order valence-corrected chi connectivity index (χ4v) is 5.47. The Labute approximate surface area is 207 Å². The third kappa shape index (κ3) is 5.06. The predicted octanol–water partition coefficient (Wildman–Crippen LogP) is 3.92. The van der Waals surface area contributed by atoms with E-state index in [2.05, 4.69) is 26.8 Å². The fraction of sp³-hybridized carbons (Fsp3) is 0.593. The van der Waals surface area contributed by atoms with Crippen molar-refractivity contribution in [3.63, 3.8) is 0 Å². The van der Waals surface area contributed by atoms with Crippen LogP contribution in [0.25, 0.3) is 6.08 Å². The standard InChI is InChI=1S/C27H37NO7/c1-16(2)7-9-22-26(3,35-22)25-24(32-6)19(11-12-27(25)15-33-27)34-23(29)10-8-17-13-20(30-4)21(31-5)14-18(17)28/h7-8,10,13-14,19,22,24-25H,9,11-12,15,28H2,1-6H3/b10-8+/t19-,22-,24-,25-,26+,27+/m1/s1. The number of ether oxygens (including phenoxy) is 6. The number of rotatable bonds is 9. The zero-order chi connectivity index (χ0) is 25.4. The van der Waals surface area contributed by atoms with Crippen LogP contribution in [-0.4, -0.2) is 63.4 Å². The van der Waals surface area contributed by atoms with Crippen LogP contribution >= 0.6 is 0 Å². The molecule has 35 heavy (non-hydrogen) atoms. The lowest BCUT2D eigenvalue weighted by atomic mass is 9.68. The summed E-state index contributed by atoms with van der Waals surface area (Å²) in [4.78, 5) is 12.8. The van der Waals surface area contributed by atoms with Gasteiger partial charge in [0.05, 0.1) is 32.8 Å². The molecule has 1 spiro atoms. The van der Waals surface area contributed by atoms with Crippen molar-refractivity contribution in [2.45, 2.75) is 69.5 Å². The molecule has 0 bridgehead atoms. The first kappa shape index (κ1) is 25.5. The molecule has 4 rings (SSSR count). The van der Waals surface area contributed by atoms with E-state index >= 15 is 0 Å². The van der Waals surface area contributed by atoms with E-state index in [0.29, 0.717) is 35.8 Å². The summed E-state index contributed by atoms with van der Waals surface area (Å²) in [5, 5.41) is 0. The maximum Gasteiger partial charge on any atom is 0.331 e. The summed E-state index contributed by atoms with van der Waals surface area (Å²) in [7, 11) is 4.75. The van der Waals surface area contributed by atoms with Crippen molar-refractivity contribution in [1.29, 1.82) is 0 Å². The van der Waals surface area contributed by atoms with Gasteiger partial charge in [-0.15, -0.1) is 0 Å². The van der Waals surface area contributed by atoms with E-state index in [1.807, 2.05) is 0 Å². The summed E-state index contributed by atoms with van der Waals surface area (Å²) in [6.45, 7) is 6.98. The Hall–Kier alpha value is -2.55. The van der Waals surface area contributed by atoms with E-state index in [1.54, 1.807) is 39.5 Å². The minimum absolute atomic E-state index is 0.0208. The van der Waals surface area contributed by atoms with Crippen molar-refractivity contribution >= 4 is 17.7 Å². The van der Waals surface area contributed by atoms with E-state index in [4.69, 9.17) is 34.2 Å². The number of carbonyl (C=O) groups is 1. The Morgan fingerprint density at radius 3 is 2.49 bits per heavy atom. The number of nitrogen functional groups attached to an aromatic ring is 1. The lowest BCUT2D eigenvalue weighted by Crippen LogP contribution is -2.55. The van der Waals surface area contributed by atoms with E-state index < -0.39 is 12.1 Å². The van der Waals surface area contributed by atoms with Crippen LogP contribution in [0.15, 0.2) is 29.9 Å². The van der Waals surface area contributed by atoms with Crippen LogP contribution in [0.1, 0.15) is 45.6 Å². The highest BCUT2D eigenvalue weighted by Crippen LogP contribution is 2.59. The number of epoxide rings is 2. The SMILES string of the molecule is COc1cc(N)c(/C=C/C(=O)O[C@@H]2CC[C@]3(CO3)[C@@H]([C@@]3(C)O[C@@H]3CC=C(C)C)[C@@H]2OC)cc1OC. The smallest absolute Gasteiger partial charge is 0.331 e. The second-order valence-corrected chi connectivity index (χ2v) is 10.0. The minimum atomic E-state index is -0.458. The molecule has 8 nitrogen and oxygen atoms in total. The number of hydrogen-bond donors (Lipinski definition) is 1.